The van der Waals surface area contributed by atoms with E-state index in [1.165, 1.54) is 6.07 Å². The molecule has 0 unspecified atom stereocenters. The van der Waals surface area contributed by atoms with Gasteiger partial charge in [0, 0.05) is 17.8 Å². The van der Waals surface area contributed by atoms with Gasteiger partial charge in [0.25, 0.3) is 5.91 Å². The molecule has 0 spiro atoms. The molecule has 0 saturated carbocycles. The maximum Gasteiger partial charge on any atom is 0.335 e. The number of aromatic carboxylic acids is 1. The van der Waals surface area contributed by atoms with Crippen molar-refractivity contribution in [3.05, 3.63) is 65.2 Å². The maximum absolute atomic E-state index is 12.1. The number of hydrogen-bond acceptors (Lipinski definition) is 3. The standard InChI is InChI=1S/C19H20N2O4/c1-2-11-20-18(23)13-7-9-15(10-8-13)21-17(22)12-14-5-3-4-6-16(14)19(24)25/h3-10H,2,11-12H2,1H3,(H,20,23)(H,21,22)(H,24,25). The van der Waals surface area contributed by atoms with Gasteiger partial charge >= 0.3 is 5.97 Å². The predicted octanol–water partition coefficient (Wildman–Crippen LogP) is 2.71. The number of amides is 2. The van der Waals surface area contributed by atoms with Crippen LogP contribution < -0.4 is 10.6 Å². The Morgan fingerprint density at radius 1 is 1.00 bits per heavy atom. The summed E-state index contributed by atoms with van der Waals surface area (Å²) in [6.45, 7) is 2.59. The third-order valence-electron chi connectivity index (χ3n) is 3.57. The van der Waals surface area contributed by atoms with Crippen LogP contribution in [-0.2, 0) is 11.2 Å². The molecule has 0 aliphatic heterocycles. The Balaban J connectivity index is 1.99. The predicted molar refractivity (Wildman–Crippen MR) is 94.8 cm³/mol. The van der Waals surface area contributed by atoms with Gasteiger partial charge in [-0.2, -0.15) is 0 Å². The molecule has 3 N–H and O–H groups in total. The van der Waals surface area contributed by atoms with Crippen LogP contribution in [0.15, 0.2) is 48.5 Å². The molecule has 0 fully saturated rings. The highest BCUT2D eigenvalue weighted by Crippen LogP contribution is 2.13. The molecule has 6 heteroatoms. The quantitative estimate of drug-likeness (QED) is 0.722. The van der Waals surface area contributed by atoms with Crippen LogP contribution >= 0.6 is 0 Å². The fourth-order valence-electron chi connectivity index (χ4n) is 2.31. The number of benzene rings is 2. The number of carbonyl (C=O) groups excluding carboxylic acids is 2. The zero-order valence-corrected chi connectivity index (χ0v) is 13.9. The first-order chi connectivity index (χ1) is 12.0. The first-order valence-corrected chi connectivity index (χ1v) is 8.00. The Bertz CT molecular complexity index is 769. The first-order valence-electron chi connectivity index (χ1n) is 8.00. The van der Waals surface area contributed by atoms with E-state index in [1.807, 2.05) is 6.92 Å². The van der Waals surface area contributed by atoms with E-state index in [0.29, 0.717) is 23.4 Å². The van der Waals surface area contributed by atoms with Gasteiger partial charge in [-0.05, 0) is 42.3 Å². The van der Waals surface area contributed by atoms with Crippen LogP contribution in [-0.4, -0.2) is 29.4 Å². The average molecular weight is 340 g/mol. The largest absolute Gasteiger partial charge is 0.478 e. The molecule has 0 atom stereocenters. The molecule has 2 aromatic rings. The Labute approximate surface area is 145 Å². The lowest BCUT2D eigenvalue weighted by molar-refractivity contribution is -0.115. The summed E-state index contributed by atoms with van der Waals surface area (Å²) in [6.07, 6.45) is 0.818. The van der Waals surface area contributed by atoms with Gasteiger partial charge < -0.3 is 15.7 Å². The number of nitrogens with one attached hydrogen (secondary N) is 2. The minimum absolute atomic E-state index is 0.0405. The van der Waals surface area contributed by atoms with E-state index < -0.39 is 5.97 Å². The Kier molecular flexibility index (Phi) is 6.28. The van der Waals surface area contributed by atoms with E-state index >= 15 is 0 Å². The number of rotatable bonds is 7. The Hall–Kier alpha value is -3.15. The molecule has 0 radical (unpaired) electrons. The van der Waals surface area contributed by atoms with Crippen LogP contribution in [0.25, 0.3) is 0 Å². The monoisotopic (exact) mass is 340 g/mol. The SMILES string of the molecule is CCCNC(=O)c1ccc(NC(=O)Cc2ccccc2C(=O)O)cc1. The lowest BCUT2D eigenvalue weighted by atomic mass is 10.0. The fourth-order valence-corrected chi connectivity index (χ4v) is 2.31. The highest BCUT2D eigenvalue weighted by molar-refractivity contribution is 5.97. The van der Waals surface area contributed by atoms with Crippen molar-refractivity contribution < 1.29 is 19.5 Å². The molecule has 2 aromatic carbocycles. The molecule has 0 aromatic heterocycles. The summed E-state index contributed by atoms with van der Waals surface area (Å²) in [5.74, 6) is -1.54. The summed E-state index contributed by atoms with van der Waals surface area (Å²) in [7, 11) is 0. The Morgan fingerprint density at radius 2 is 1.68 bits per heavy atom. The van der Waals surface area contributed by atoms with Crippen molar-refractivity contribution in [1.82, 2.24) is 5.32 Å². The highest BCUT2D eigenvalue weighted by atomic mass is 16.4. The van der Waals surface area contributed by atoms with Crippen molar-refractivity contribution in [3.63, 3.8) is 0 Å². The minimum atomic E-state index is -1.06. The lowest BCUT2D eigenvalue weighted by Crippen LogP contribution is -2.23. The van der Waals surface area contributed by atoms with E-state index in [0.717, 1.165) is 6.42 Å². The molecule has 130 valence electrons. The van der Waals surface area contributed by atoms with Gasteiger partial charge in [-0.15, -0.1) is 0 Å². The summed E-state index contributed by atoms with van der Waals surface area (Å²) in [6, 6.07) is 12.9. The smallest absolute Gasteiger partial charge is 0.335 e. The molecular weight excluding hydrogens is 320 g/mol. The van der Waals surface area contributed by atoms with Crippen LogP contribution in [0.5, 0.6) is 0 Å². The molecule has 25 heavy (non-hydrogen) atoms. The van der Waals surface area contributed by atoms with E-state index in [-0.39, 0.29) is 23.8 Å². The molecule has 0 heterocycles. The topological polar surface area (TPSA) is 95.5 Å². The molecule has 0 aliphatic carbocycles. The highest BCUT2D eigenvalue weighted by Gasteiger charge is 2.13. The second-order valence-corrected chi connectivity index (χ2v) is 5.52. The number of carboxylic acid groups (broad SMARTS) is 1. The zero-order chi connectivity index (χ0) is 18.2. The van der Waals surface area contributed by atoms with Crippen molar-refractivity contribution in [2.75, 3.05) is 11.9 Å². The van der Waals surface area contributed by atoms with E-state index in [4.69, 9.17) is 5.11 Å². The van der Waals surface area contributed by atoms with Crippen LogP contribution in [0.3, 0.4) is 0 Å². The van der Waals surface area contributed by atoms with Crippen molar-refractivity contribution >= 4 is 23.5 Å². The summed E-state index contributed by atoms with van der Waals surface area (Å²) in [5.41, 5.74) is 1.62. The molecule has 0 aliphatic rings. The van der Waals surface area contributed by atoms with Crippen LogP contribution in [0, 0.1) is 0 Å². The van der Waals surface area contributed by atoms with Gasteiger partial charge in [0.15, 0.2) is 0 Å². The summed E-state index contributed by atoms with van der Waals surface area (Å²) < 4.78 is 0. The van der Waals surface area contributed by atoms with Gasteiger partial charge in [-0.25, -0.2) is 4.79 Å². The number of anilines is 1. The summed E-state index contributed by atoms with van der Waals surface area (Å²) in [4.78, 5) is 35.1. The summed E-state index contributed by atoms with van der Waals surface area (Å²) in [5, 5.41) is 14.6. The van der Waals surface area contributed by atoms with E-state index in [9.17, 15) is 14.4 Å². The summed E-state index contributed by atoms with van der Waals surface area (Å²) >= 11 is 0. The van der Waals surface area contributed by atoms with Crippen molar-refractivity contribution in [2.45, 2.75) is 19.8 Å². The normalized spacial score (nSPS) is 10.1. The van der Waals surface area contributed by atoms with Gasteiger partial charge in [0.05, 0.1) is 12.0 Å². The Morgan fingerprint density at radius 3 is 2.32 bits per heavy atom. The second kappa shape index (κ2) is 8.63. The van der Waals surface area contributed by atoms with Crippen LogP contribution in [0.4, 0.5) is 5.69 Å². The molecule has 0 saturated heterocycles. The van der Waals surface area contributed by atoms with Crippen molar-refractivity contribution in [1.29, 1.82) is 0 Å². The zero-order valence-electron chi connectivity index (χ0n) is 13.9. The van der Waals surface area contributed by atoms with Crippen LogP contribution in [0.2, 0.25) is 0 Å². The lowest BCUT2D eigenvalue weighted by Gasteiger charge is -2.08. The first kappa shape index (κ1) is 18.2. The fraction of sp³-hybridized carbons (Fsp3) is 0.211. The van der Waals surface area contributed by atoms with E-state index in [1.54, 1.807) is 42.5 Å². The van der Waals surface area contributed by atoms with Gasteiger partial charge in [-0.1, -0.05) is 25.1 Å². The number of carbonyl (C=O) groups is 3. The third-order valence-corrected chi connectivity index (χ3v) is 3.57. The van der Waals surface area contributed by atoms with Gasteiger partial charge in [-0.3, -0.25) is 9.59 Å². The molecular formula is C19H20N2O4. The average Bonchev–Trinajstić information content (AvgIpc) is 2.60. The van der Waals surface area contributed by atoms with Crippen molar-refractivity contribution in [3.8, 4) is 0 Å². The van der Waals surface area contributed by atoms with Gasteiger partial charge in [0.1, 0.15) is 0 Å². The third kappa shape index (κ3) is 5.17. The molecule has 2 amide bonds. The minimum Gasteiger partial charge on any atom is -0.478 e. The second-order valence-electron chi connectivity index (χ2n) is 5.52. The van der Waals surface area contributed by atoms with E-state index in [2.05, 4.69) is 10.6 Å². The van der Waals surface area contributed by atoms with Gasteiger partial charge in [0.2, 0.25) is 5.91 Å². The maximum atomic E-state index is 12.1. The number of hydrogen-bond donors (Lipinski definition) is 3. The van der Waals surface area contributed by atoms with Crippen molar-refractivity contribution in [2.24, 2.45) is 0 Å². The van der Waals surface area contributed by atoms with Crippen LogP contribution in [0.1, 0.15) is 39.6 Å². The molecule has 6 nitrogen and oxygen atoms in total. The number of carboxylic acids is 1. The molecule has 2 rings (SSSR count). The molecule has 0 bridgehead atoms.